The molecule has 0 spiro atoms. The number of esters is 2. The molecule has 1 amide bonds. The Morgan fingerprint density at radius 2 is 1.77 bits per heavy atom. The molecule has 0 aliphatic carbocycles. The maximum Gasteiger partial charge on any atom is 0.328 e. The van der Waals surface area contributed by atoms with E-state index in [1.807, 2.05) is 38.1 Å². The van der Waals surface area contributed by atoms with Gasteiger partial charge in [-0.1, -0.05) is 32.4 Å². The third-order valence-electron chi connectivity index (χ3n) is 4.13. The van der Waals surface area contributed by atoms with Gasteiger partial charge in [-0.25, -0.2) is 4.79 Å². The maximum atomic E-state index is 11.9. The normalized spacial score (nSPS) is 12.6. The number of amides is 1. The van der Waals surface area contributed by atoms with Crippen LogP contribution < -0.4 is 10.1 Å². The lowest BCUT2D eigenvalue weighted by Gasteiger charge is -2.21. The molecule has 7 heteroatoms. The van der Waals surface area contributed by atoms with Gasteiger partial charge in [0.05, 0.1) is 14.2 Å². The molecule has 1 N–H and O–H groups in total. The van der Waals surface area contributed by atoms with Crippen molar-refractivity contribution in [1.29, 1.82) is 0 Å². The molecule has 0 aliphatic heterocycles. The fourth-order valence-corrected chi connectivity index (χ4v) is 2.27. The highest BCUT2D eigenvalue weighted by Gasteiger charge is 2.26. The van der Waals surface area contributed by atoms with Gasteiger partial charge in [0.1, 0.15) is 11.8 Å². The van der Waals surface area contributed by atoms with Crippen molar-refractivity contribution in [3.8, 4) is 5.75 Å². The minimum atomic E-state index is -0.754. The molecule has 1 aromatic carbocycles. The minimum absolute atomic E-state index is 0.0860. The third-order valence-corrected chi connectivity index (χ3v) is 4.13. The number of hydrogen-bond acceptors (Lipinski definition) is 6. The van der Waals surface area contributed by atoms with E-state index in [1.54, 1.807) is 7.11 Å². The molecule has 0 radical (unpaired) electrons. The van der Waals surface area contributed by atoms with E-state index in [1.165, 1.54) is 7.11 Å². The van der Waals surface area contributed by atoms with Crippen molar-refractivity contribution >= 4 is 17.8 Å². The Hall–Kier alpha value is -2.57. The average Bonchev–Trinajstić information content (AvgIpc) is 2.67. The van der Waals surface area contributed by atoms with E-state index < -0.39 is 30.5 Å². The van der Waals surface area contributed by atoms with Crippen LogP contribution in [0.25, 0.3) is 0 Å². The van der Waals surface area contributed by atoms with Crippen molar-refractivity contribution in [3.05, 3.63) is 29.8 Å². The molecule has 144 valence electrons. The van der Waals surface area contributed by atoms with Crippen LogP contribution in [0.15, 0.2) is 24.3 Å². The molecule has 0 heterocycles. The van der Waals surface area contributed by atoms with Gasteiger partial charge in [0.25, 0.3) is 5.91 Å². The van der Waals surface area contributed by atoms with Crippen LogP contribution in [0.5, 0.6) is 5.75 Å². The van der Waals surface area contributed by atoms with Gasteiger partial charge in [0, 0.05) is 6.42 Å². The Balaban J connectivity index is 2.40. The number of methoxy groups -OCH3 is 2. The summed E-state index contributed by atoms with van der Waals surface area (Å²) in [5.41, 5.74) is 0.967. The number of ether oxygens (including phenoxy) is 3. The molecule has 0 saturated heterocycles. The SMILES string of the molecule is CC[C@@H](C)[C@H](NC(=O)COC(=O)CCc1ccc(OC)cc1)C(=O)OC. The second-order valence-corrected chi connectivity index (χ2v) is 5.96. The summed E-state index contributed by atoms with van der Waals surface area (Å²) in [4.78, 5) is 35.5. The summed E-state index contributed by atoms with van der Waals surface area (Å²) in [5.74, 6) is -0.863. The molecule has 0 fully saturated rings. The number of nitrogens with one attached hydrogen (secondary N) is 1. The number of benzene rings is 1. The van der Waals surface area contributed by atoms with Gasteiger partial charge in [-0.2, -0.15) is 0 Å². The van der Waals surface area contributed by atoms with E-state index in [0.717, 1.165) is 11.3 Å². The summed E-state index contributed by atoms with van der Waals surface area (Å²) in [5, 5.41) is 2.56. The lowest BCUT2D eigenvalue weighted by Crippen LogP contribution is -2.47. The quantitative estimate of drug-likeness (QED) is 0.637. The topological polar surface area (TPSA) is 90.9 Å². The van der Waals surface area contributed by atoms with Crippen LogP contribution in [-0.4, -0.2) is 44.7 Å². The van der Waals surface area contributed by atoms with Crippen molar-refractivity contribution in [2.45, 2.75) is 39.2 Å². The highest BCUT2D eigenvalue weighted by molar-refractivity contribution is 5.86. The Bertz CT molecular complexity index is 599. The predicted octanol–water partition coefficient (Wildman–Crippen LogP) is 1.87. The van der Waals surface area contributed by atoms with Crippen LogP contribution in [0.2, 0.25) is 0 Å². The first-order chi connectivity index (χ1) is 12.4. The van der Waals surface area contributed by atoms with Gasteiger partial charge in [0.2, 0.25) is 0 Å². The Labute approximate surface area is 154 Å². The van der Waals surface area contributed by atoms with Gasteiger partial charge in [-0.05, 0) is 30.0 Å². The zero-order chi connectivity index (χ0) is 19.5. The molecular formula is C19H27NO6. The van der Waals surface area contributed by atoms with Gasteiger partial charge < -0.3 is 19.5 Å². The Kier molecular flexibility index (Phi) is 9.19. The Morgan fingerprint density at radius 3 is 2.31 bits per heavy atom. The van der Waals surface area contributed by atoms with Crippen LogP contribution >= 0.6 is 0 Å². The lowest BCUT2D eigenvalue weighted by molar-refractivity contribution is -0.151. The zero-order valence-electron chi connectivity index (χ0n) is 15.7. The van der Waals surface area contributed by atoms with Crippen LogP contribution in [0.1, 0.15) is 32.3 Å². The fraction of sp³-hybridized carbons (Fsp3) is 0.526. The van der Waals surface area contributed by atoms with E-state index in [2.05, 4.69) is 5.32 Å². The highest BCUT2D eigenvalue weighted by atomic mass is 16.5. The van der Waals surface area contributed by atoms with Crippen LogP contribution in [0, 0.1) is 5.92 Å². The van der Waals surface area contributed by atoms with Gasteiger partial charge in [-0.3, -0.25) is 9.59 Å². The molecular weight excluding hydrogens is 338 g/mol. The van der Waals surface area contributed by atoms with Gasteiger partial charge in [-0.15, -0.1) is 0 Å². The van der Waals surface area contributed by atoms with Crippen molar-refractivity contribution in [3.63, 3.8) is 0 Å². The average molecular weight is 365 g/mol. The van der Waals surface area contributed by atoms with E-state index in [0.29, 0.717) is 12.8 Å². The summed E-state index contributed by atoms with van der Waals surface area (Å²) in [6.07, 6.45) is 1.36. The summed E-state index contributed by atoms with van der Waals surface area (Å²) < 4.78 is 14.7. The molecule has 0 unspecified atom stereocenters. The first-order valence-electron chi connectivity index (χ1n) is 8.57. The first kappa shape index (κ1) is 21.5. The zero-order valence-corrected chi connectivity index (χ0v) is 15.7. The standard InChI is InChI=1S/C19H27NO6/c1-5-13(2)18(19(23)25-4)20-16(21)12-26-17(22)11-8-14-6-9-15(24-3)10-7-14/h6-7,9-10,13,18H,5,8,11-12H2,1-4H3,(H,20,21)/t13-,18+/m1/s1. The van der Waals surface area contributed by atoms with E-state index in [-0.39, 0.29) is 12.3 Å². The van der Waals surface area contributed by atoms with Crippen LogP contribution in [0.4, 0.5) is 0 Å². The minimum Gasteiger partial charge on any atom is -0.497 e. The molecule has 26 heavy (non-hydrogen) atoms. The number of aryl methyl sites for hydroxylation is 1. The summed E-state index contributed by atoms with van der Waals surface area (Å²) in [6.45, 7) is 3.32. The number of hydrogen-bond donors (Lipinski definition) is 1. The van der Waals surface area contributed by atoms with Gasteiger partial charge >= 0.3 is 11.9 Å². The number of rotatable bonds is 10. The molecule has 1 aromatic rings. The van der Waals surface area contributed by atoms with E-state index in [4.69, 9.17) is 14.2 Å². The highest BCUT2D eigenvalue weighted by Crippen LogP contribution is 2.13. The monoisotopic (exact) mass is 365 g/mol. The molecule has 2 atom stereocenters. The van der Waals surface area contributed by atoms with Crippen molar-refractivity contribution in [1.82, 2.24) is 5.32 Å². The first-order valence-corrected chi connectivity index (χ1v) is 8.57. The molecule has 0 aliphatic rings. The van der Waals surface area contributed by atoms with Crippen LogP contribution in [-0.2, 0) is 30.3 Å². The molecule has 7 nitrogen and oxygen atoms in total. The molecule has 0 saturated carbocycles. The molecule has 0 bridgehead atoms. The summed E-state index contributed by atoms with van der Waals surface area (Å²) >= 11 is 0. The van der Waals surface area contributed by atoms with Crippen molar-refractivity contribution < 1.29 is 28.6 Å². The molecule has 0 aromatic heterocycles. The number of carbonyl (C=O) groups excluding carboxylic acids is 3. The number of carbonyl (C=O) groups is 3. The van der Waals surface area contributed by atoms with E-state index in [9.17, 15) is 14.4 Å². The largest absolute Gasteiger partial charge is 0.497 e. The van der Waals surface area contributed by atoms with Crippen molar-refractivity contribution in [2.75, 3.05) is 20.8 Å². The van der Waals surface area contributed by atoms with Crippen molar-refractivity contribution in [2.24, 2.45) is 5.92 Å². The predicted molar refractivity (Wildman–Crippen MR) is 95.7 cm³/mol. The van der Waals surface area contributed by atoms with E-state index >= 15 is 0 Å². The second-order valence-electron chi connectivity index (χ2n) is 5.96. The summed E-state index contributed by atoms with van der Waals surface area (Å²) in [7, 11) is 2.85. The fourth-order valence-electron chi connectivity index (χ4n) is 2.27. The maximum absolute atomic E-state index is 11.9. The third kappa shape index (κ3) is 7.13. The summed E-state index contributed by atoms with van der Waals surface area (Å²) in [6, 6.07) is 6.61. The molecule has 1 rings (SSSR count). The second kappa shape index (κ2) is 11.1. The smallest absolute Gasteiger partial charge is 0.328 e. The van der Waals surface area contributed by atoms with Crippen LogP contribution in [0.3, 0.4) is 0 Å². The van der Waals surface area contributed by atoms with Gasteiger partial charge in [0.15, 0.2) is 6.61 Å². The lowest BCUT2D eigenvalue weighted by atomic mass is 9.99. The Morgan fingerprint density at radius 1 is 1.12 bits per heavy atom.